The molecule has 1 amide bonds. The minimum atomic E-state index is -0.351. The number of rotatable bonds is 2. The molecule has 6 heteroatoms. The quantitative estimate of drug-likeness (QED) is 0.833. The summed E-state index contributed by atoms with van der Waals surface area (Å²) < 4.78 is 13.1. The van der Waals surface area contributed by atoms with Gasteiger partial charge >= 0.3 is 0 Å². The van der Waals surface area contributed by atoms with Gasteiger partial charge in [-0.05, 0) is 50.6 Å². The Balaban J connectivity index is 1.78. The third kappa shape index (κ3) is 3.67. The van der Waals surface area contributed by atoms with Gasteiger partial charge in [0.2, 0.25) is 0 Å². The monoisotopic (exact) mass is 352 g/mol. The maximum absolute atomic E-state index is 13.1. The molecular formula is C20H21FN4O. The molecule has 3 rings (SSSR count). The lowest BCUT2D eigenvalue weighted by molar-refractivity contribution is 0.0767. The van der Waals surface area contributed by atoms with E-state index >= 15 is 0 Å². The smallest absolute Gasteiger partial charge is 0.253 e. The lowest BCUT2D eigenvalue weighted by Crippen LogP contribution is -2.35. The molecule has 0 N–H and O–H groups in total. The predicted molar refractivity (Wildman–Crippen MR) is 97.6 cm³/mol. The van der Waals surface area contributed by atoms with Crippen molar-refractivity contribution in [1.82, 2.24) is 9.88 Å². The molecule has 0 aliphatic carbocycles. The van der Waals surface area contributed by atoms with Crippen molar-refractivity contribution in [2.24, 2.45) is 0 Å². The fourth-order valence-electron chi connectivity index (χ4n) is 3.33. The van der Waals surface area contributed by atoms with E-state index < -0.39 is 0 Å². The third-order valence-electron chi connectivity index (χ3n) is 4.63. The van der Waals surface area contributed by atoms with Crippen LogP contribution in [0.1, 0.15) is 33.7 Å². The molecule has 0 unspecified atom stereocenters. The third-order valence-corrected chi connectivity index (χ3v) is 4.63. The number of hydrogen-bond acceptors (Lipinski definition) is 4. The number of anilines is 1. The van der Waals surface area contributed by atoms with Crippen LogP contribution in [0.4, 0.5) is 10.1 Å². The number of hydrogen-bond donors (Lipinski definition) is 0. The summed E-state index contributed by atoms with van der Waals surface area (Å²) >= 11 is 0. The molecule has 0 saturated carbocycles. The summed E-state index contributed by atoms with van der Waals surface area (Å²) in [5, 5.41) is 9.49. The second-order valence-corrected chi connectivity index (χ2v) is 6.49. The van der Waals surface area contributed by atoms with Gasteiger partial charge in [0, 0.05) is 37.4 Å². The van der Waals surface area contributed by atoms with Gasteiger partial charge in [-0.15, -0.1) is 0 Å². The molecule has 2 heterocycles. The van der Waals surface area contributed by atoms with Crippen molar-refractivity contribution in [3.63, 3.8) is 0 Å². The zero-order valence-corrected chi connectivity index (χ0v) is 15.0. The first-order chi connectivity index (χ1) is 12.5. The standard InChI is InChI=1S/C20H21FN4O/c1-14-12-19(18(13-22)15(2)23-14)24-8-3-9-25(11-10-24)20(26)16-4-6-17(21)7-5-16/h4-7,12H,3,8-11H2,1-2H3. The summed E-state index contributed by atoms with van der Waals surface area (Å²) in [5.74, 6) is -0.439. The SMILES string of the molecule is Cc1cc(N2CCCN(C(=O)c3ccc(F)cc3)CC2)c(C#N)c(C)n1. The molecule has 1 saturated heterocycles. The summed E-state index contributed by atoms with van der Waals surface area (Å²) in [7, 11) is 0. The minimum absolute atomic E-state index is 0.0885. The highest BCUT2D eigenvalue weighted by Gasteiger charge is 2.22. The van der Waals surface area contributed by atoms with E-state index in [1.165, 1.54) is 24.3 Å². The van der Waals surface area contributed by atoms with E-state index in [4.69, 9.17) is 0 Å². The van der Waals surface area contributed by atoms with Gasteiger partial charge in [-0.25, -0.2) is 4.39 Å². The van der Waals surface area contributed by atoms with Crippen LogP contribution in [-0.4, -0.2) is 42.0 Å². The fourth-order valence-corrected chi connectivity index (χ4v) is 3.33. The number of nitrogens with zero attached hydrogens (tertiary/aromatic N) is 4. The number of aryl methyl sites for hydroxylation is 2. The first-order valence-corrected chi connectivity index (χ1v) is 8.67. The van der Waals surface area contributed by atoms with Crippen molar-refractivity contribution < 1.29 is 9.18 Å². The van der Waals surface area contributed by atoms with Crippen LogP contribution in [0, 0.1) is 31.0 Å². The Labute approximate surface area is 152 Å². The van der Waals surface area contributed by atoms with Crippen molar-refractivity contribution in [2.45, 2.75) is 20.3 Å². The maximum atomic E-state index is 13.1. The van der Waals surface area contributed by atoms with Crippen LogP contribution in [0.3, 0.4) is 0 Å². The molecule has 0 spiro atoms. The Kier molecular flexibility index (Phi) is 5.17. The Bertz CT molecular complexity index is 857. The maximum Gasteiger partial charge on any atom is 0.253 e. The van der Waals surface area contributed by atoms with E-state index in [1.54, 1.807) is 4.90 Å². The van der Waals surface area contributed by atoms with Gasteiger partial charge in [-0.1, -0.05) is 0 Å². The van der Waals surface area contributed by atoms with Gasteiger partial charge in [0.1, 0.15) is 11.9 Å². The van der Waals surface area contributed by atoms with Gasteiger partial charge in [0.15, 0.2) is 0 Å². The van der Waals surface area contributed by atoms with E-state index in [1.807, 2.05) is 19.9 Å². The molecule has 1 aromatic heterocycles. The Morgan fingerprint density at radius 3 is 2.58 bits per heavy atom. The molecular weight excluding hydrogens is 331 g/mol. The molecule has 1 fully saturated rings. The van der Waals surface area contributed by atoms with Crippen molar-refractivity contribution in [3.05, 3.63) is 58.7 Å². The van der Waals surface area contributed by atoms with Crippen LogP contribution in [0.25, 0.3) is 0 Å². The molecule has 0 bridgehead atoms. The van der Waals surface area contributed by atoms with Crippen LogP contribution >= 0.6 is 0 Å². The summed E-state index contributed by atoms with van der Waals surface area (Å²) in [6.45, 7) is 6.37. The van der Waals surface area contributed by atoms with Gasteiger partial charge in [0.05, 0.1) is 16.9 Å². The van der Waals surface area contributed by atoms with E-state index in [2.05, 4.69) is 16.0 Å². The van der Waals surface area contributed by atoms with Crippen LogP contribution in [0.5, 0.6) is 0 Å². The van der Waals surface area contributed by atoms with Gasteiger partial charge in [-0.2, -0.15) is 5.26 Å². The molecule has 0 atom stereocenters. The van der Waals surface area contributed by atoms with E-state index in [-0.39, 0.29) is 11.7 Å². The first kappa shape index (κ1) is 17.9. The normalized spacial score (nSPS) is 14.7. The van der Waals surface area contributed by atoms with Crippen molar-refractivity contribution in [1.29, 1.82) is 5.26 Å². The lowest BCUT2D eigenvalue weighted by Gasteiger charge is -2.25. The zero-order valence-electron chi connectivity index (χ0n) is 15.0. The molecule has 5 nitrogen and oxygen atoms in total. The molecule has 134 valence electrons. The topological polar surface area (TPSA) is 60.2 Å². The summed E-state index contributed by atoms with van der Waals surface area (Å²) in [5.41, 5.74) is 3.57. The predicted octanol–water partition coefficient (Wildman–Crippen LogP) is 3.06. The van der Waals surface area contributed by atoms with Crippen LogP contribution < -0.4 is 4.90 Å². The Morgan fingerprint density at radius 1 is 1.15 bits per heavy atom. The van der Waals surface area contributed by atoms with E-state index in [0.717, 1.165) is 30.0 Å². The van der Waals surface area contributed by atoms with Gasteiger partial charge in [0.25, 0.3) is 5.91 Å². The molecule has 26 heavy (non-hydrogen) atoms. The van der Waals surface area contributed by atoms with E-state index in [9.17, 15) is 14.4 Å². The summed E-state index contributed by atoms with van der Waals surface area (Å²) in [6.07, 6.45) is 0.804. The highest BCUT2D eigenvalue weighted by molar-refractivity contribution is 5.94. The molecule has 1 aliphatic heterocycles. The number of aromatic nitrogens is 1. The number of pyridine rings is 1. The van der Waals surface area contributed by atoms with Gasteiger partial charge < -0.3 is 9.80 Å². The number of benzene rings is 1. The summed E-state index contributed by atoms with van der Waals surface area (Å²) in [4.78, 5) is 21.0. The Morgan fingerprint density at radius 2 is 1.88 bits per heavy atom. The van der Waals surface area contributed by atoms with Gasteiger partial charge in [-0.3, -0.25) is 9.78 Å². The highest BCUT2D eigenvalue weighted by atomic mass is 19.1. The molecule has 1 aliphatic rings. The van der Waals surface area contributed by atoms with E-state index in [0.29, 0.717) is 30.8 Å². The van der Waals surface area contributed by atoms with Crippen molar-refractivity contribution >= 4 is 11.6 Å². The van der Waals surface area contributed by atoms with Crippen LogP contribution in [-0.2, 0) is 0 Å². The number of carbonyl (C=O) groups excluding carboxylic acids is 1. The lowest BCUT2D eigenvalue weighted by atomic mass is 10.1. The van der Waals surface area contributed by atoms with Crippen LogP contribution in [0.15, 0.2) is 30.3 Å². The Hall–Kier alpha value is -2.94. The van der Waals surface area contributed by atoms with Crippen molar-refractivity contribution in [3.8, 4) is 6.07 Å². The highest BCUT2D eigenvalue weighted by Crippen LogP contribution is 2.24. The number of amides is 1. The second-order valence-electron chi connectivity index (χ2n) is 6.49. The summed E-state index contributed by atoms with van der Waals surface area (Å²) in [6, 6.07) is 9.83. The molecule has 1 aromatic carbocycles. The number of nitriles is 1. The van der Waals surface area contributed by atoms with Crippen LogP contribution in [0.2, 0.25) is 0 Å². The van der Waals surface area contributed by atoms with Crippen molar-refractivity contribution in [2.75, 3.05) is 31.1 Å². The molecule has 2 aromatic rings. The number of halogens is 1. The second kappa shape index (κ2) is 7.52. The largest absolute Gasteiger partial charge is 0.369 e. The molecule has 0 radical (unpaired) electrons. The minimum Gasteiger partial charge on any atom is -0.369 e. The average Bonchev–Trinajstić information content (AvgIpc) is 2.87. The first-order valence-electron chi connectivity index (χ1n) is 8.67. The zero-order chi connectivity index (χ0) is 18.7. The average molecular weight is 352 g/mol. The number of carbonyl (C=O) groups is 1. The fraction of sp³-hybridized carbons (Fsp3) is 0.350.